The van der Waals surface area contributed by atoms with Gasteiger partial charge < -0.3 is 9.64 Å². The Balaban J connectivity index is 1.67. The predicted octanol–water partition coefficient (Wildman–Crippen LogP) is 3.36. The van der Waals surface area contributed by atoms with Crippen molar-refractivity contribution in [2.45, 2.75) is 24.2 Å². The summed E-state index contributed by atoms with van der Waals surface area (Å²) in [7, 11) is -3.70. The fourth-order valence-corrected chi connectivity index (χ4v) is 5.58. The summed E-state index contributed by atoms with van der Waals surface area (Å²) in [6, 6.07) is 11.3. The number of hydrogen-bond acceptors (Lipinski definition) is 7. The molecule has 2 aromatic rings. The molecule has 0 radical (unpaired) electrons. The van der Waals surface area contributed by atoms with Crippen LogP contribution in [0.25, 0.3) is 0 Å². The summed E-state index contributed by atoms with van der Waals surface area (Å²) in [5.74, 6) is 0. The third-order valence-corrected chi connectivity index (χ3v) is 7.62. The van der Waals surface area contributed by atoms with E-state index in [1.807, 2.05) is 12.1 Å². The Morgan fingerprint density at radius 2 is 1.66 bits per heavy atom. The van der Waals surface area contributed by atoms with Crippen LogP contribution in [0.15, 0.2) is 52.4 Å². The van der Waals surface area contributed by atoms with Gasteiger partial charge in [-0.2, -0.15) is 4.31 Å². The molecule has 2 aliphatic rings. The van der Waals surface area contributed by atoms with Crippen molar-refractivity contribution in [1.29, 1.82) is 0 Å². The molecule has 2 aromatic carbocycles. The summed E-state index contributed by atoms with van der Waals surface area (Å²) in [4.78, 5) is 17.2. The van der Waals surface area contributed by atoms with Gasteiger partial charge in [0.05, 0.1) is 29.5 Å². The van der Waals surface area contributed by atoms with Gasteiger partial charge in [-0.1, -0.05) is 0 Å². The van der Waals surface area contributed by atoms with E-state index in [4.69, 9.17) is 4.74 Å². The lowest BCUT2D eigenvalue weighted by atomic mass is 10.1. The molecule has 2 heterocycles. The van der Waals surface area contributed by atoms with E-state index in [2.05, 4.69) is 9.89 Å². The van der Waals surface area contributed by atoms with Crippen LogP contribution in [0.2, 0.25) is 0 Å². The van der Waals surface area contributed by atoms with Gasteiger partial charge in [0, 0.05) is 44.5 Å². The van der Waals surface area contributed by atoms with Gasteiger partial charge in [0.2, 0.25) is 10.0 Å². The van der Waals surface area contributed by atoms with Gasteiger partial charge in [-0.05, 0) is 55.2 Å². The zero-order valence-corrected chi connectivity index (χ0v) is 18.5. The molecule has 2 aliphatic heterocycles. The van der Waals surface area contributed by atoms with Crippen molar-refractivity contribution in [2.24, 2.45) is 4.99 Å². The van der Waals surface area contributed by atoms with Gasteiger partial charge in [-0.25, -0.2) is 8.42 Å². The minimum Gasteiger partial charge on any atom is -0.379 e. The largest absolute Gasteiger partial charge is 0.379 e. The standard InChI is InChI=1S/C22H26N4O5S/c27-26(28)20-7-4-18(5-8-20)17-23-19-6-9-21(24-10-2-1-3-11-24)22(16-19)32(29,30)25-12-14-31-15-13-25/h4-9,16-17H,1-3,10-15H2. The third-order valence-electron chi connectivity index (χ3n) is 5.69. The van der Waals surface area contributed by atoms with Crippen LogP contribution in [0.1, 0.15) is 24.8 Å². The van der Waals surface area contributed by atoms with Gasteiger partial charge in [0.15, 0.2) is 0 Å². The number of benzene rings is 2. The van der Waals surface area contributed by atoms with Gasteiger partial charge in [-0.15, -0.1) is 0 Å². The number of anilines is 1. The molecule has 9 nitrogen and oxygen atoms in total. The van der Waals surface area contributed by atoms with Crippen molar-refractivity contribution in [3.8, 4) is 0 Å². The number of ether oxygens (including phenoxy) is 1. The van der Waals surface area contributed by atoms with Crippen LogP contribution in [-0.4, -0.2) is 63.3 Å². The Hall–Kier alpha value is -2.82. The van der Waals surface area contributed by atoms with E-state index >= 15 is 0 Å². The number of nitrogens with zero attached hydrogens (tertiary/aromatic N) is 4. The number of nitro benzene ring substituents is 1. The number of rotatable bonds is 6. The normalized spacial score (nSPS) is 18.2. The zero-order valence-electron chi connectivity index (χ0n) is 17.7. The lowest BCUT2D eigenvalue weighted by Crippen LogP contribution is -2.41. The number of non-ortho nitro benzene ring substituents is 1. The maximum absolute atomic E-state index is 13.5. The topological polar surface area (TPSA) is 105 Å². The smallest absolute Gasteiger partial charge is 0.269 e. The van der Waals surface area contributed by atoms with Crippen LogP contribution in [0.5, 0.6) is 0 Å². The molecule has 10 heteroatoms. The Labute approximate surface area is 187 Å². The highest BCUT2D eigenvalue weighted by atomic mass is 32.2. The molecule has 4 rings (SSSR count). The first-order chi connectivity index (χ1) is 15.4. The molecule has 2 fully saturated rings. The molecule has 0 amide bonds. The SMILES string of the molecule is O=[N+]([O-])c1ccc(C=Nc2ccc(N3CCCCC3)c(S(=O)(=O)N3CCOCC3)c2)cc1. The summed E-state index contributed by atoms with van der Waals surface area (Å²) >= 11 is 0. The first kappa shape index (κ1) is 22.4. The van der Waals surface area contributed by atoms with Crippen molar-refractivity contribution >= 4 is 33.3 Å². The zero-order chi connectivity index (χ0) is 22.6. The van der Waals surface area contributed by atoms with E-state index in [-0.39, 0.29) is 10.6 Å². The monoisotopic (exact) mass is 458 g/mol. The molecular formula is C22H26N4O5S. The molecule has 0 saturated carbocycles. The summed E-state index contributed by atoms with van der Waals surface area (Å²) < 4.78 is 33.8. The van der Waals surface area contributed by atoms with E-state index < -0.39 is 14.9 Å². The van der Waals surface area contributed by atoms with Crippen LogP contribution in [-0.2, 0) is 14.8 Å². The number of morpholine rings is 1. The lowest BCUT2D eigenvalue weighted by Gasteiger charge is -2.32. The van der Waals surface area contributed by atoms with Gasteiger partial charge >= 0.3 is 0 Å². The second-order valence-electron chi connectivity index (χ2n) is 7.82. The highest BCUT2D eigenvalue weighted by Gasteiger charge is 2.30. The average molecular weight is 459 g/mol. The highest BCUT2D eigenvalue weighted by molar-refractivity contribution is 7.89. The van der Waals surface area contributed by atoms with Gasteiger partial charge in [0.25, 0.3) is 5.69 Å². The minimum absolute atomic E-state index is 0.00641. The predicted molar refractivity (Wildman–Crippen MR) is 122 cm³/mol. The molecular weight excluding hydrogens is 432 g/mol. The molecule has 2 saturated heterocycles. The summed E-state index contributed by atoms with van der Waals surface area (Å²) in [5.41, 5.74) is 1.92. The van der Waals surface area contributed by atoms with Gasteiger partial charge in [-0.3, -0.25) is 15.1 Å². The second-order valence-corrected chi connectivity index (χ2v) is 9.73. The van der Waals surface area contributed by atoms with E-state index in [9.17, 15) is 18.5 Å². The Bertz CT molecular complexity index is 1090. The van der Waals surface area contributed by atoms with Crippen LogP contribution < -0.4 is 4.90 Å². The highest BCUT2D eigenvalue weighted by Crippen LogP contribution is 2.33. The molecule has 170 valence electrons. The third kappa shape index (κ3) is 4.98. The number of hydrogen-bond donors (Lipinski definition) is 0. The van der Waals surface area contributed by atoms with Crippen molar-refractivity contribution in [3.05, 3.63) is 58.1 Å². The van der Waals surface area contributed by atoms with Crippen molar-refractivity contribution in [2.75, 3.05) is 44.3 Å². The molecule has 0 bridgehead atoms. The van der Waals surface area contributed by atoms with E-state index in [1.54, 1.807) is 24.4 Å². The molecule has 0 spiro atoms. The van der Waals surface area contributed by atoms with Crippen molar-refractivity contribution < 1.29 is 18.1 Å². The van der Waals surface area contributed by atoms with E-state index in [1.165, 1.54) is 16.4 Å². The molecule has 0 N–H and O–H groups in total. The summed E-state index contributed by atoms with van der Waals surface area (Å²) in [6.45, 7) is 3.09. The van der Waals surface area contributed by atoms with Crippen LogP contribution in [0.3, 0.4) is 0 Å². The van der Waals surface area contributed by atoms with Crippen LogP contribution in [0.4, 0.5) is 17.1 Å². The lowest BCUT2D eigenvalue weighted by molar-refractivity contribution is -0.384. The first-order valence-corrected chi connectivity index (χ1v) is 12.1. The number of sulfonamides is 1. The Morgan fingerprint density at radius 3 is 2.31 bits per heavy atom. The number of aliphatic imine (C=N–C) groups is 1. The van der Waals surface area contributed by atoms with Gasteiger partial charge in [0.1, 0.15) is 4.90 Å². The molecule has 0 unspecified atom stereocenters. The minimum atomic E-state index is -3.70. The quantitative estimate of drug-likeness (QED) is 0.373. The number of nitro groups is 1. The van der Waals surface area contributed by atoms with Crippen LogP contribution >= 0.6 is 0 Å². The van der Waals surface area contributed by atoms with Crippen molar-refractivity contribution in [1.82, 2.24) is 4.31 Å². The maximum Gasteiger partial charge on any atom is 0.269 e. The Morgan fingerprint density at radius 1 is 0.969 bits per heavy atom. The number of piperidine rings is 1. The van der Waals surface area contributed by atoms with Crippen LogP contribution in [0, 0.1) is 10.1 Å². The summed E-state index contributed by atoms with van der Waals surface area (Å²) in [6.07, 6.45) is 4.80. The fraction of sp³-hybridized carbons (Fsp3) is 0.409. The maximum atomic E-state index is 13.5. The first-order valence-electron chi connectivity index (χ1n) is 10.7. The Kier molecular flexibility index (Phi) is 6.83. The average Bonchev–Trinajstić information content (AvgIpc) is 2.84. The molecule has 0 atom stereocenters. The van der Waals surface area contributed by atoms with E-state index in [0.717, 1.165) is 32.4 Å². The van der Waals surface area contributed by atoms with Crippen molar-refractivity contribution in [3.63, 3.8) is 0 Å². The second kappa shape index (κ2) is 9.76. The van der Waals surface area contributed by atoms with E-state index in [0.29, 0.717) is 43.2 Å². The summed E-state index contributed by atoms with van der Waals surface area (Å²) in [5, 5.41) is 10.8. The fourth-order valence-electron chi connectivity index (χ4n) is 3.94. The molecule has 0 aromatic heterocycles. The molecule has 32 heavy (non-hydrogen) atoms. The molecule has 0 aliphatic carbocycles.